The summed E-state index contributed by atoms with van der Waals surface area (Å²) in [6.07, 6.45) is 7.89. The lowest BCUT2D eigenvalue weighted by molar-refractivity contribution is -0.172. The molecule has 0 spiro atoms. The van der Waals surface area contributed by atoms with Crippen molar-refractivity contribution in [2.45, 2.75) is 57.7 Å². The number of allylic oxidation sites excluding steroid dienone is 1. The summed E-state index contributed by atoms with van der Waals surface area (Å²) in [5.74, 6) is 0.393. The Bertz CT molecular complexity index is 732. The summed E-state index contributed by atoms with van der Waals surface area (Å²) < 4.78 is 23.3. The molecule has 3 atom stereocenters. The lowest BCUT2D eigenvalue weighted by Crippen LogP contribution is -2.41. The van der Waals surface area contributed by atoms with Crippen LogP contribution in [0.2, 0.25) is 0 Å². The van der Waals surface area contributed by atoms with Crippen molar-refractivity contribution < 1.29 is 28.8 Å². The maximum absolute atomic E-state index is 13.5. The van der Waals surface area contributed by atoms with Gasteiger partial charge in [0.1, 0.15) is 0 Å². The van der Waals surface area contributed by atoms with Crippen LogP contribution in [0, 0.1) is 5.92 Å². The molecule has 7 nitrogen and oxygen atoms in total. The molecule has 0 bridgehead atoms. The molecular weight excluding hydrogens is 434 g/mol. The SMILES string of the molecule is CCOC1OC(C(=O)N2CCCCCCC2)=CC(c2ccccc2)C1CCOCCOCCO. The number of aliphatic hydroxyl groups is 1. The number of hydrogen-bond acceptors (Lipinski definition) is 6. The van der Waals surface area contributed by atoms with Gasteiger partial charge in [0.2, 0.25) is 6.29 Å². The van der Waals surface area contributed by atoms with Gasteiger partial charge in [0.25, 0.3) is 5.91 Å². The second kappa shape index (κ2) is 15.1. The van der Waals surface area contributed by atoms with Crippen molar-refractivity contribution in [3.63, 3.8) is 0 Å². The molecule has 0 radical (unpaired) electrons. The molecule has 2 aliphatic rings. The van der Waals surface area contributed by atoms with Gasteiger partial charge in [-0.25, -0.2) is 0 Å². The average Bonchev–Trinajstić information content (AvgIpc) is 2.84. The lowest BCUT2D eigenvalue weighted by Gasteiger charge is -2.38. The third-order valence-electron chi connectivity index (χ3n) is 6.46. The van der Waals surface area contributed by atoms with Crippen LogP contribution in [0.3, 0.4) is 0 Å². The minimum absolute atomic E-state index is 0.00514. The summed E-state index contributed by atoms with van der Waals surface area (Å²) >= 11 is 0. The highest BCUT2D eigenvalue weighted by Crippen LogP contribution is 2.39. The van der Waals surface area contributed by atoms with E-state index in [0.29, 0.717) is 38.8 Å². The largest absolute Gasteiger partial charge is 0.459 e. The normalized spacial score (nSPS) is 23.5. The van der Waals surface area contributed by atoms with Crippen LogP contribution in [-0.2, 0) is 23.7 Å². The molecule has 7 heteroatoms. The van der Waals surface area contributed by atoms with E-state index >= 15 is 0 Å². The molecule has 0 aliphatic carbocycles. The summed E-state index contributed by atoms with van der Waals surface area (Å²) in [7, 11) is 0. The predicted octanol–water partition coefficient (Wildman–Crippen LogP) is 3.87. The molecule has 0 aromatic heterocycles. The topological polar surface area (TPSA) is 77.5 Å². The summed E-state index contributed by atoms with van der Waals surface area (Å²) in [5, 5.41) is 8.80. The molecule has 1 amide bonds. The van der Waals surface area contributed by atoms with Crippen LogP contribution in [-0.4, -0.2) is 74.9 Å². The molecule has 1 N–H and O–H groups in total. The molecule has 2 aliphatic heterocycles. The molecule has 2 heterocycles. The third-order valence-corrected chi connectivity index (χ3v) is 6.46. The van der Waals surface area contributed by atoms with Gasteiger partial charge in [-0.05, 0) is 37.8 Å². The van der Waals surface area contributed by atoms with Crippen molar-refractivity contribution in [1.82, 2.24) is 4.90 Å². The van der Waals surface area contributed by atoms with Gasteiger partial charge in [0.15, 0.2) is 5.76 Å². The number of carbonyl (C=O) groups is 1. The summed E-state index contributed by atoms with van der Waals surface area (Å²) in [4.78, 5) is 15.4. The Morgan fingerprint density at radius 1 is 1.00 bits per heavy atom. The molecule has 1 aromatic carbocycles. The van der Waals surface area contributed by atoms with Crippen LogP contribution in [0.1, 0.15) is 56.9 Å². The summed E-state index contributed by atoms with van der Waals surface area (Å²) in [6, 6.07) is 10.3. The molecule has 3 rings (SSSR count). The van der Waals surface area contributed by atoms with Gasteiger partial charge in [0, 0.05) is 38.1 Å². The zero-order valence-electron chi connectivity index (χ0n) is 20.5. The number of aliphatic hydroxyl groups excluding tert-OH is 1. The summed E-state index contributed by atoms with van der Waals surface area (Å²) in [6.45, 7) is 5.81. The highest BCUT2D eigenvalue weighted by atomic mass is 16.7. The van der Waals surface area contributed by atoms with Gasteiger partial charge in [-0.3, -0.25) is 4.79 Å². The van der Waals surface area contributed by atoms with Crippen LogP contribution in [0.5, 0.6) is 0 Å². The fourth-order valence-electron chi connectivity index (χ4n) is 4.70. The molecule has 1 saturated heterocycles. The summed E-state index contributed by atoms with van der Waals surface area (Å²) in [5.41, 5.74) is 1.14. The monoisotopic (exact) mass is 475 g/mol. The number of benzene rings is 1. The minimum atomic E-state index is -0.511. The van der Waals surface area contributed by atoms with Crippen molar-refractivity contribution in [3.05, 3.63) is 47.7 Å². The second-order valence-corrected chi connectivity index (χ2v) is 8.87. The Morgan fingerprint density at radius 3 is 2.35 bits per heavy atom. The Labute approximate surface area is 204 Å². The quantitative estimate of drug-likeness (QED) is 0.463. The minimum Gasteiger partial charge on any atom is -0.459 e. The van der Waals surface area contributed by atoms with E-state index in [1.54, 1.807) is 0 Å². The van der Waals surface area contributed by atoms with E-state index in [1.165, 1.54) is 19.3 Å². The van der Waals surface area contributed by atoms with Crippen molar-refractivity contribution in [2.24, 2.45) is 5.92 Å². The van der Waals surface area contributed by atoms with Gasteiger partial charge in [0.05, 0.1) is 26.4 Å². The molecule has 1 fully saturated rings. The zero-order chi connectivity index (χ0) is 24.0. The van der Waals surface area contributed by atoms with Gasteiger partial charge >= 0.3 is 0 Å². The van der Waals surface area contributed by atoms with Crippen LogP contribution in [0.4, 0.5) is 0 Å². The lowest BCUT2D eigenvalue weighted by atomic mass is 9.81. The Morgan fingerprint density at radius 2 is 1.68 bits per heavy atom. The molecule has 190 valence electrons. The smallest absolute Gasteiger partial charge is 0.288 e. The first kappa shape index (κ1) is 26.7. The number of carbonyl (C=O) groups excluding carboxylic acids is 1. The molecular formula is C27H41NO6. The van der Waals surface area contributed by atoms with Crippen LogP contribution >= 0.6 is 0 Å². The Balaban J connectivity index is 1.74. The van der Waals surface area contributed by atoms with Gasteiger partial charge in [-0.2, -0.15) is 0 Å². The van der Waals surface area contributed by atoms with E-state index in [-0.39, 0.29) is 24.3 Å². The zero-order valence-corrected chi connectivity index (χ0v) is 20.5. The number of nitrogens with zero attached hydrogens (tertiary/aromatic N) is 1. The van der Waals surface area contributed by atoms with Crippen LogP contribution in [0.15, 0.2) is 42.2 Å². The maximum Gasteiger partial charge on any atom is 0.288 e. The van der Waals surface area contributed by atoms with Crippen molar-refractivity contribution >= 4 is 5.91 Å². The molecule has 34 heavy (non-hydrogen) atoms. The fraction of sp³-hybridized carbons (Fsp3) is 0.667. The second-order valence-electron chi connectivity index (χ2n) is 8.87. The standard InChI is InChI=1S/C27H41NO6/c1-2-33-27-23(13-17-31-19-20-32-18-16-29)24(22-11-7-6-8-12-22)21-25(34-27)26(30)28-14-9-4-3-5-10-15-28/h6-8,11-12,21,23-24,27,29H,2-5,9-10,13-20H2,1H3. The molecule has 0 saturated carbocycles. The predicted molar refractivity (Wildman–Crippen MR) is 130 cm³/mol. The van der Waals surface area contributed by atoms with Gasteiger partial charge in [-0.15, -0.1) is 0 Å². The van der Waals surface area contributed by atoms with E-state index in [2.05, 4.69) is 12.1 Å². The number of amides is 1. The van der Waals surface area contributed by atoms with E-state index in [1.807, 2.05) is 36.1 Å². The van der Waals surface area contributed by atoms with E-state index in [4.69, 9.17) is 24.1 Å². The number of rotatable bonds is 12. The van der Waals surface area contributed by atoms with Crippen LogP contribution in [0.25, 0.3) is 0 Å². The number of likely N-dealkylation sites (tertiary alicyclic amines) is 1. The van der Waals surface area contributed by atoms with Gasteiger partial charge in [-0.1, -0.05) is 49.6 Å². The van der Waals surface area contributed by atoms with E-state index in [0.717, 1.165) is 37.9 Å². The third kappa shape index (κ3) is 8.08. The van der Waals surface area contributed by atoms with E-state index in [9.17, 15) is 4.79 Å². The van der Waals surface area contributed by atoms with Gasteiger partial charge < -0.3 is 29.0 Å². The first-order valence-corrected chi connectivity index (χ1v) is 12.8. The fourth-order valence-corrected chi connectivity index (χ4v) is 4.70. The number of hydrogen-bond donors (Lipinski definition) is 1. The van der Waals surface area contributed by atoms with Crippen LogP contribution < -0.4 is 0 Å². The van der Waals surface area contributed by atoms with Crippen molar-refractivity contribution in [1.29, 1.82) is 0 Å². The Kier molecular flexibility index (Phi) is 11.9. The molecule has 3 unspecified atom stereocenters. The van der Waals surface area contributed by atoms with Crippen molar-refractivity contribution in [2.75, 3.05) is 52.7 Å². The first-order chi connectivity index (χ1) is 16.7. The highest BCUT2D eigenvalue weighted by molar-refractivity contribution is 5.91. The molecule has 1 aromatic rings. The Hall–Kier alpha value is -1.93. The first-order valence-electron chi connectivity index (χ1n) is 12.8. The number of ether oxygens (including phenoxy) is 4. The highest BCUT2D eigenvalue weighted by Gasteiger charge is 2.38. The van der Waals surface area contributed by atoms with Crippen molar-refractivity contribution in [3.8, 4) is 0 Å². The average molecular weight is 476 g/mol. The maximum atomic E-state index is 13.5. The van der Waals surface area contributed by atoms with E-state index < -0.39 is 6.29 Å².